The molecule has 1 unspecified atom stereocenters. The minimum atomic E-state index is 0.167. The van der Waals surface area contributed by atoms with Gasteiger partial charge in [-0.25, -0.2) is 0 Å². The van der Waals surface area contributed by atoms with Gasteiger partial charge in [0.1, 0.15) is 0 Å². The third-order valence-electron chi connectivity index (χ3n) is 10.9. The highest BCUT2D eigenvalue weighted by Gasteiger charge is 2.31. The smallest absolute Gasteiger partial charge is 0.0780 e. The predicted molar refractivity (Wildman–Crippen MR) is 217 cm³/mol. The first-order chi connectivity index (χ1) is 24.8. The lowest BCUT2D eigenvalue weighted by Crippen LogP contribution is -2.16. The van der Waals surface area contributed by atoms with Gasteiger partial charge in [-0.1, -0.05) is 109 Å². The molecule has 0 saturated carbocycles. The van der Waals surface area contributed by atoms with Crippen LogP contribution in [0.3, 0.4) is 0 Å². The van der Waals surface area contributed by atoms with Crippen molar-refractivity contribution in [3.05, 3.63) is 179 Å². The third kappa shape index (κ3) is 4.33. The summed E-state index contributed by atoms with van der Waals surface area (Å²) in [5, 5.41) is 7.96. The van der Waals surface area contributed by atoms with Crippen LogP contribution in [0.2, 0.25) is 0 Å². The van der Waals surface area contributed by atoms with Crippen molar-refractivity contribution in [2.24, 2.45) is 4.99 Å². The van der Waals surface area contributed by atoms with E-state index in [1.807, 2.05) is 22.7 Å². The molecule has 0 fully saturated rings. The first-order valence-corrected chi connectivity index (χ1v) is 19.1. The van der Waals surface area contributed by atoms with E-state index >= 15 is 0 Å². The van der Waals surface area contributed by atoms with Crippen LogP contribution < -0.4 is 0 Å². The Balaban J connectivity index is 1.13. The Morgan fingerprint density at radius 2 is 1.24 bits per heavy atom. The molecule has 50 heavy (non-hydrogen) atoms. The number of fused-ring (bicyclic) bond motifs is 12. The lowest BCUT2D eigenvalue weighted by Gasteiger charge is -2.30. The van der Waals surface area contributed by atoms with Crippen LogP contribution in [0.1, 0.15) is 40.2 Å². The van der Waals surface area contributed by atoms with E-state index in [1.54, 1.807) is 0 Å². The average Bonchev–Trinajstić information content (AvgIpc) is 3.71. The maximum Gasteiger partial charge on any atom is 0.0780 e. The Kier molecular flexibility index (Phi) is 6.31. The van der Waals surface area contributed by atoms with Crippen LogP contribution in [-0.2, 0) is 12.8 Å². The second kappa shape index (κ2) is 11.1. The van der Waals surface area contributed by atoms with E-state index in [0.717, 1.165) is 25.0 Å². The Morgan fingerprint density at radius 3 is 2.16 bits per heavy atom. The van der Waals surface area contributed by atoms with Gasteiger partial charge in [-0.15, -0.1) is 22.7 Å². The number of thiophene rings is 2. The van der Waals surface area contributed by atoms with E-state index in [1.165, 1.54) is 95.8 Å². The Hall–Kier alpha value is -5.35. The SMILES string of the molecule is C1=C(C2Cc3ccccc3-c3c2ccc2sc4ccccc4c32)\N=C(\c2ccc3sc4cc5ccccc5cc4c3c2)c2ccccc2CC/1. The number of rotatable bonds is 2. The van der Waals surface area contributed by atoms with Crippen LogP contribution in [-0.4, -0.2) is 5.71 Å². The van der Waals surface area contributed by atoms with Crippen LogP contribution in [0.25, 0.3) is 62.2 Å². The van der Waals surface area contributed by atoms with E-state index in [-0.39, 0.29) is 5.92 Å². The molecule has 0 radical (unpaired) electrons. The summed E-state index contributed by atoms with van der Waals surface area (Å²) in [6, 6.07) is 52.1. The van der Waals surface area contributed by atoms with Crippen molar-refractivity contribution in [3.63, 3.8) is 0 Å². The highest BCUT2D eigenvalue weighted by atomic mass is 32.1. The maximum atomic E-state index is 5.78. The fraction of sp³-hybridized carbons (Fsp3) is 0.0851. The summed E-state index contributed by atoms with van der Waals surface area (Å²) in [5.41, 5.74) is 11.6. The zero-order valence-corrected chi connectivity index (χ0v) is 29.0. The fourth-order valence-corrected chi connectivity index (χ4v) is 10.8. The van der Waals surface area contributed by atoms with Gasteiger partial charge in [0.05, 0.1) is 5.71 Å². The molecule has 0 amide bonds. The van der Waals surface area contributed by atoms with Gasteiger partial charge in [0.25, 0.3) is 0 Å². The highest BCUT2D eigenvalue weighted by Crippen LogP contribution is 2.50. The molecular formula is C47H31NS2. The maximum absolute atomic E-state index is 5.78. The quantitative estimate of drug-likeness (QED) is 0.173. The van der Waals surface area contributed by atoms with E-state index in [0.29, 0.717) is 0 Å². The molecule has 1 nitrogen and oxygen atoms in total. The molecule has 3 heteroatoms. The molecule has 1 aliphatic carbocycles. The largest absolute Gasteiger partial charge is 0.252 e. The summed E-state index contributed by atoms with van der Waals surface area (Å²) < 4.78 is 5.36. The number of aliphatic imine (C=N–C) groups is 1. The van der Waals surface area contributed by atoms with Crippen LogP contribution in [0, 0.1) is 0 Å². The number of hydrogen-bond donors (Lipinski definition) is 0. The normalized spacial score (nSPS) is 17.9. The standard InChI is InChI=1S/C47H31NS2/c1-2-12-30-27-44-39(24-29(30)11-1)38-26-32(20-22-42(38)50-44)47-34-16-6-3-10-28(34)14-9-18-40(48-47)37-25-31-13-4-5-15-33(31)45-35(37)21-23-43-46(45)36-17-7-8-19-41(36)49-43/h1-8,10-13,15-24,26-27,37H,9,14,25H2/b40-18-,48-47-. The lowest BCUT2D eigenvalue weighted by atomic mass is 9.75. The van der Waals surface area contributed by atoms with Gasteiger partial charge < -0.3 is 0 Å². The zero-order chi connectivity index (χ0) is 32.8. The first kappa shape index (κ1) is 28.5. The topological polar surface area (TPSA) is 12.4 Å². The van der Waals surface area contributed by atoms with Crippen LogP contribution in [0.15, 0.2) is 156 Å². The molecule has 1 aliphatic heterocycles. The van der Waals surface area contributed by atoms with Crippen molar-refractivity contribution in [1.29, 1.82) is 0 Å². The van der Waals surface area contributed by atoms with Crippen LogP contribution in [0.4, 0.5) is 0 Å². The van der Waals surface area contributed by atoms with Crippen molar-refractivity contribution >= 4 is 79.5 Å². The van der Waals surface area contributed by atoms with Crippen molar-refractivity contribution in [2.45, 2.75) is 25.2 Å². The summed E-state index contributed by atoms with van der Waals surface area (Å²) in [5.74, 6) is 0.167. The molecular weight excluding hydrogens is 643 g/mol. The van der Waals surface area contributed by atoms with Gasteiger partial charge in [-0.3, -0.25) is 4.99 Å². The Labute approximate surface area is 298 Å². The molecule has 0 spiro atoms. The van der Waals surface area contributed by atoms with Crippen molar-refractivity contribution in [1.82, 2.24) is 0 Å². The molecule has 2 aliphatic rings. The summed E-state index contributed by atoms with van der Waals surface area (Å²) in [7, 11) is 0. The number of allylic oxidation sites excluding steroid dienone is 2. The van der Waals surface area contributed by atoms with Crippen LogP contribution >= 0.6 is 22.7 Å². The average molecular weight is 674 g/mol. The number of benzene rings is 7. The van der Waals surface area contributed by atoms with Gasteiger partial charge >= 0.3 is 0 Å². The van der Waals surface area contributed by atoms with Crippen molar-refractivity contribution in [2.75, 3.05) is 0 Å². The molecule has 3 heterocycles. The number of aryl methyl sites for hydroxylation is 1. The van der Waals surface area contributed by atoms with Crippen molar-refractivity contribution in [3.8, 4) is 11.1 Å². The number of hydrogen-bond acceptors (Lipinski definition) is 3. The highest BCUT2D eigenvalue weighted by molar-refractivity contribution is 7.26. The second-order valence-electron chi connectivity index (χ2n) is 13.7. The van der Waals surface area contributed by atoms with E-state index in [2.05, 4.69) is 146 Å². The van der Waals surface area contributed by atoms with E-state index in [4.69, 9.17) is 4.99 Å². The van der Waals surface area contributed by atoms with Gasteiger partial charge in [0.15, 0.2) is 0 Å². The zero-order valence-electron chi connectivity index (χ0n) is 27.3. The molecule has 1 atom stereocenters. The minimum absolute atomic E-state index is 0.167. The molecule has 236 valence electrons. The van der Waals surface area contributed by atoms with Crippen molar-refractivity contribution < 1.29 is 0 Å². The summed E-state index contributed by atoms with van der Waals surface area (Å²) in [6.07, 6.45) is 5.36. The van der Waals surface area contributed by atoms with Crippen LogP contribution in [0.5, 0.6) is 0 Å². The molecule has 0 bridgehead atoms. The molecule has 0 saturated heterocycles. The Morgan fingerprint density at radius 1 is 0.540 bits per heavy atom. The molecule has 0 N–H and O–H groups in total. The predicted octanol–water partition coefficient (Wildman–Crippen LogP) is 13.2. The minimum Gasteiger partial charge on any atom is -0.252 e. The van der Waals surface area contributed by atoms with E-state index in [9.17, 15) is 0 Å². The van der Waals surface area contributed by atoms with Gasteiger partial charge in [-0.05, 0) is 94.3 Å². The van der Waals surface area contributed by atoms with Gasteiger partial charge in [0.2, 0.25) is 0 Å². The number of nitrogens with zero attached hydrogens (tertiary/aromatic N) is 1. The molecule has 2 aromatic heterocycles. The second-order valence-corrected chi connectivity index (χ2v) is 15.9. The third-order valence-corrected chi connectivity index (χ3v) is 13.2. The van der Waals surface area contributed by atoms with E-state index < -0.39 is 0 Å². The summed E-state index contributed by atoms with van der Waals surface area (Å²) in [6.45, 7) is 0. The molecule has 11 rings (SSSR count). The fourth-order valence-electron chi connectivity index (χ4n) is 8.58. The Bertz CT molecular complexity index is 2920. The lowest BCUT2D eigenvalue weighted by molar-refractivity contribution is 0.757. The molecule has 9 aromatic rings. The van der Waals surface area contributed by atoms with Gasteiger partial charge in [0, 0.05) is 63.1 Å². The summed E-state index contributed by atoms with van der Waals surface area (Å²) >= 11 is 3.79. The first-order valence-electron chi connectivity index (χ1n) is 17.5. The molecule has 7 aromatic carbocycles. The monoisotopic (exact) mass is 673 g/mol. The summed E-state index contributed by atoms with van der Waals surface area (Å²) in [4.78, 5) is 5.78. The van der Waals surface area contributed by atoms with Gasteiger partial charge in [-0.2, -0.15) is 0 Å².